The SMILES string of the molecule is CC1(C)C=C(C(=O)O)CC1. The normalized spacial score (nSPS) is 22.4. The Labute approximate surface area is 60.6 Å². The van der Waals surface area contributed by atoms with Crippen LogP contribution >= 0.6 is 0 Å². The van der Waals surface area contributed by atoms with Crippen LogP contribution in [-0.4, -0.2) is 11.1 Å². The van der Waals surface area contributed by atoms with Crippen LogP contribution in [0.4, 0.5) is 0 Å². The predicted molar refractivity (Wildman–Crippen MR) is 38.7 cm³/mol. The first-order valence-electron chi connectivity index (χ1n) is 3.46. The number of allylic oxidation sites excluding steroid dienone is 1. The van der Waals surface area contributed by atoms with Gasteiger partial charge in [0.1, 0.15) is 0 Å². The van der Waals surface area contributed by atoms with Gasteiger partial charge >= 0.3 is 5.97 Å². The van der Waals surface area contributed by atoms with Gasteiger partial charge in [0.05, 0.1) is 0 Å². The molecule has 0 radical (unpaired) electrons. The van der Waals surface area contributed by atoms with E-state index >= 15 is 0 Å². The van der Waals surface area contributed by atoms with Gasteiger partial charge in [0.2, 0.25) is 0 Å². The van der Waals surface area contributed by atoms with Crippen molar-refractivity contribution in [2.45, 2.75) is 26.7 Å². The van der Waals surface area contributed by atoms with Crippen LogP contribution in [0, 0.1) is 5.41 Å². The van der Waals surface area contributed by atoms with Gasteiger partial charge in [-0.2, -0.15) is 0 Å². The van der Waals surface area contributed by atoms with Crippen molar-refractivity contribution < 1.29 is 9.90 Å². The summed E-state index contributed by atoms with van der Waals surface area (Å²) >= 11 is 0. The van der Waals surface area contributed by atoms with Crippen molar-refractivity contribution >= 4 is 5.97 Å². The molecule has 0 saturated carbocycles. The van der Waals surface area contributed by atoms with E-state index in [-0.39, 0.29) is 5.41 Å². The molecule has 0 heterocycles. The number of hydrogen-bond donors (Lipinski definition) is 1. The second kappa shape index (κ2) is 2.11. The number of carboxylic acid groups (broad SMARTS) is 1. The van der Waals surface area contributed by atoms with Gasteiger partial charge in [-0.15, -0.1) is 0 Å². The van der Waals surface area contributed by atoms with E-state index < -0.39 is 5.97 Å². The number of hydrogen-bond acceptors (Lipinski definition) is 1. The van der Waals surface area contributed by atoms with Crippen LogP contribution < -0.4 is 0 Å². The average molecular weight is 140 g/mol. The molecule has 10 heavy (non-hydrogen) atoms. The second-order valence-electron chi connectivity index (χ2n) is 3.46. The fraction of sp³-hybridized carbons (Fsp3) is 0.625. The van der Waals surface area contributed by atoms with E-state index in [0.717, 1.165) is 12.8 Å². The molecule has 0 aromatic heterocycles. The van der Waals surface area contributed by atoms with E-state index in [1.165, 1.54) is 0 Å². The molecule has 1 aliphatic rings. The standard InChI is InChI=1S/C8H12O2/c1-8(2)4-3-6(5-8)7(9)10/h5H,3-4H2,1-2H3,(H,9,10). The van der Waals surface area contributed by atoms with E-state index in [4.69, 9.17) is 5.11 Å². The summed E-state index contributed by atoms with van der Waals surface area (Å²) in [5.41, 5.74) is 0.679. The maximum absolute atomic E-state index is 10.4. The summed E-state index contributed by atoms with van der Waals surface area (Å²) in [6.07, 6.45) is 3.55. The molecule has 0 unspecified atom stereocenters. The topological polar surface area (TPSA) is 37.3 Å². The Morgan fingerprint density at radius 2 is 2.30 bits per heavy atom. The summed E-state index contributed by atoms with van der Waals surface area (Å²) in [5, 5.41) is 8.58. The third kappa shape index (κ3) is 1.38. The lowest BCUT2D eigenvalue weighted by Crippen LogP contribution is -2.00. The van der Waals surface area contributed by atoms with Crippen molar-refractivity contribution in [1.82, 2.24) is 0 Å². The molecule has 2 nitrogen and oxygen atoms in total. The molecule has 1 rings (SSSR count). The third-order valence-corrected chi connectivity index (χ3v) is 1.88. The molecule has 0 bridgehead atoms. The minimum atomic E-state index is -0.759. The van der Waals surface area contributed by atoms with Crippen LogP contribution in [0.15, 0.2) is 11.6 Å². The molecule has 0 aromatic rings. The van der Waals surface area contributed by atoms with Gasteiger partial charge in [0, 0.05) is 5.57 Å². The molecule has 2 heteroatoms. The smallest absolute Gasteiger partial charge is 0.331 e. The van der Waals surface area contributed by atoms with Gasteiger partial charge in [-0.1, -0.05) is 19.9 Å². The zero-order valence-corrected chi connectivity index (χ0v) is 6.35. The molecule has 0 fully saturated rings. The first kappa shape index (κ1) is 7.32. The highest BCUT2D eigenvalue weighted by Gasteiger charge is 2.25. The molecule has 0 spiro atoms. The first-order valence-corrected chi connectivity index (χ1v) is 3.46. The Balaban J connectivity index is 2.76. The van der Waals surface area contributed by atoms with Gasteiger partial charge in [-0.25, -0.2) is 4.79 Å². The number of aliphatic carboxylic acids is 1. The van der Waals surface area contributed by atoms with Crippen molar-refractivity contribution in [2.24, 2.45) is 5.41 Å². The van der Waals surface area contributed by atoms with Crippen LogP contribution in [0.25, 0.3) is 0 Å². The lowest BCUT2D eigenvalue weighted by atomic mass is 9.94. The molecule has 0 amide bonds. The molecule has 0 aliphatic heterocycles. The van der Waals surface area contributed by atoms with E-state index in [1.54, 1.807) is 0 Å². The van der Waals surface area contributed by atoms with Crippen molar-refractivity contribution in [1.29, 1.82) is 0 Å². The molecule has 1 aliphatic carbocycles. The Kier molecular flexibility index (Phi) is 1.55. The average Bonchev–Trinajstić information content (AvgIpc) is 2.10. The van der Waals surface area contributed by atoms with Gasteiger partial charge in [0.15, 0.2) is 0 Å². The molecule has 0 saturated heterocycles. The second-order valence-corrected chi connectivity index (χ2v) is 3.46. The molecule has 1 N–H and O–H groups in total. The fourth-order valence-corrected chi connectivity index (χ4v) is 1.24. The van der Waals surface area contributed by atoms with Gasteiger partial charge in [-0.3, -0.25) is 0 Å². The lowest BCUT2D eigenvalue weighted by molar-refractivity contribution is -0.132. The first-order chi connectivity index (χ1) is 4.51. The minimum absolute atomic E-state index is 0.105. The quantitative estimate of drug-likeness (QED) is 0.603. The summed E-state index contributed by atoms with van der Waals surface area (Å²) in [7, 11) is 0. The number of carboxylic acids is 1. The Morgan fingerprint density at radius 1 is 1.70 bits per heavy atom. The van der Waals surface area contributed by atoms with E-state index in [2.05, 4.69) is 13.8 Å². The van der Waals surface area contributed by atoms with Crippen LogP contribution in [0.5, 0.6) is 0 Å². The summed E-state index contributed by atoms with van der Waals surface area (Å²) in [6.45, 7) is 4.12. The van der Waals surface area contributed by atoms with Crippen molar-refractivity contribution in [3.05, 3.63) is 11.6 Å². The van der Waals surface area contributed by atoms with Gasteiger partial charge in [0.25, 0.3) is 0 Å². The highest BCUT2D eigenvalue weighted by molar-refractivity contribution is 5.87. The predicted octanol–water partition coefficient (Wildman–Crippen LogP) is 1.82. The monoisotopic (exact) mass is 140 g/mol. The van der Waals surface area contributed by atoms with Gasteiger partial charge < -0.3 is 5.11 Å². The highest BCUT2D eigenvalue weighted by atomic mass is 16.4. The summed E-state index contributed by atoms with van der Waals surface area (Å²) in [5.74, 6) is -0.759. The summed E-state index contributed by atoms with van der Waals surface area (Å²) < 4.78 is 0. The zero-order chi connectivity index (χ0) is 7.78. The fourth-order valence-electron chi connectivity index (χ4n) is 1.24. The van der Waals surface area contributed by atoms with Crippen molar-refractivity contribution in [3.8, 4) is 0 Å². The van der Waals surface area contributed by atoms with Crippen molar-refractivity contribution in [3.63, 3.8) is 0 Å². The Hall–Kier alpha value is -0.790. The molecule has 0 atom stereocenters. The van der Waals surface area contributed by atoms with Crippen LogP contribution in [0.3, 0.4) is 0 Å². The van der Waals surface area contributed by atoms with Crippen LogP contribution in [0.1, 0.15) is 26.7 Å². The number of carbonyl (C=O) groups is 1. The number of rotatable bonds is 1. The van der Waals surface area contributed by atoms with Crippen LogP contribution in [-0.2, 0) is 4.79 Å². The molecule has 56 valence electrons. The zero-order valence-electron chi connectivity index (χ0n) is 6.35. The van der Waals surface area contributed by atoms with Crippen LogP contribution in [0.2, 0.25) is 0 Å². The van der Waals surface area contributed by atoms with E-state index in [1.807, 2.05) is 6.08 Å². The highest BCUT2D eigenvalue weighted by Crippen LogP contribution is 2.34. The van der Waals surface area contributed by atoms with E-state index in [9.17, 15) is 4.79 Å². The summed E-state index contributed by atoms with van der Waals surface area (Å²) in [6, 6.07) is 0. The Bertz CT molecular complexity index is 189. The molecular weight excluding hydrogens is 128 g/mol. The van der Waals surface area contributed by atoms with E-state index in [0.29, 0.717) is 5.57 Å². The summed E-state index contributed by atoms with van der Waals surface area (Å²) in [4.78, 5) is 10.4. The maximum Gasteiger partial charge on any atom is 0.331 e. The van der Waals surface area contributed by atoms with Crippen molar-refractivity contribution in [2.75, 3.05) is 0 Å². The molecule has 0 aromatic carbocycles. The minimum Gasteiger partial charge on any atom is -0.478 e. The Morgan fingerprint density at radius 3 is 2.50 bits per heavy atom. The maximum atomic E-state index is 10.4. The lowest BCUT2D eigenvalue weighted by Gasteiger charge is -2.11. The van der Waals surface area contributed by atoms with Gasteiger partial charge in [-0.05, 0) is 18.3 Å². The largest absolute Gasteiger partial charge is 0.478 e. The third-order valence-electron chi connectivity index (χ3n) is 1.88. The molecular formula is C8H12O2.